The van der Waals surface area contributed by atoms with E-state index in [1.165, 1.54) is 44.9 Å². The summed E-state index contributed by atoms with van der Waals surface area (Å²) in [5.74, 6) is -2.51. The number of hydrogen-bond donors (Lipinski definition) is 4. The summed E-state index contributed by atoms with van der Waals surface area (Å²) in [6.07, 6.45) is 9.75. The Morgan fingerprint density at radius 2 is 1.00 bits per heavy atom. The minimum atomic E-state index is -1.33. The maximum atomic E-state index is 9.55. The molecule has 0 rings (SSSR count). The molecule has 0 aromatic rings. The summed E-state index contributed by atoms with van der Waals surface area (Å²) in [5, 5.41) is 22.8. The number of carboxylic acids is 2. The Balaban J connectivity index is -0.000000249. The highest BCUT2D eigenvalue weighted by Gasteiger charge is 1.88. The van der Waals surface area contributed by atoms with Crippen LogP contribution in [-0.4, -0.2) is 33.4 Å². The molecule has 0 saturated heterocycles. The molecule has 0 spiro atoms. The molecule has 0 aromatic carbocycles. The molecule has 124 valence electrons. The lowest BCUT2D eigenvalue weighted by Crippen LogP contribution is -2.03. The zero-order chi connectivity index (χ0) is 17.1. The summed E-state index contributed by atoms with van der Waals surface area (Å²) in [4.78, 5) is 27.9. The van der Waals surface area contributed by atoms with E-state index < -0.39 is 18.0 Å². The first kappa shape index (κ1) is 24.0. The van der Waals surface area contributed by atoms with Crippen molar-refractivity contribution in [3.8, 4) is 0 Å². The van der Waals surface area contributed by atoms with Crippen molar-refractivity contribution in [2.45, 2.75) is 58.8 Å². The molecule has 7 heteroatoms. The number of unbranched alkanes of at least 4 members (excludes halogenated alkanes) is 6. The van der Waals surface area contributed by atoms with Crippen LogP contribution in [0.15, 0.2) is 12.2 Å². The Kier molecular flexibility index (Phi) is 23.2. The third-order valence-electron chi connectivity index (χ3n) is 2.08. The number of hydrogen-bond acceptors (Lipinski definition) is 3. The monoisotopic (exact) mass is 305 g/mol. The van der Waals surface area contributed by atoms with E-state index in [9.17, 15) is 9.59 Å². The van der Waals surface area contributed by atoms with Gasteiger partial charge in [-0.1, -0.05) is 58.8 Å². The molecule has 0 heterocycles. The molecule has 0 aliphatic rings. The van der Waals surface area contributed by atoms with Crippen molar-refractivity contribution in [1.29, 1.82) is 0 Å². The normalized spacial score (nSPS) is 9.05. The zero-order valence-corrected chi connectivity index (χ0v) is 12.7. The summed E-state index contributed by atoms with van der Waals surface area (Å²) in [6.45, 7) is 4.53. The van der Waals surface area contributed by atoms with Gasteiger partial charge in [-0.15, -0.1) is 0 Å². The number of rotatable bonds is 8. The lowest BCUT2D eigenvalue weighted by Gasteiger charge is -1.96. The smallest absolute Gasteiger partial charge is 0.402 e. The highest BCUT2D eigenvalue weighted by molar-refractivity contribution is 5.89. The number of aliphatic carboxylic acids is 2. The molecule has 0 atom stereocenters. The van der Waals surface area contributed by atoms with Crippen LogP contribution in [0, 0.1) is 0 Å². The maximum Gasteiger partial charge on any atom is 0.402 e. The van der Waals surface area contributed by atoms with Gasteiger partial charge in [0.15, 0.2) is 0 Å². The molecule has 21 heavy (non-hydrogen) atoms. The van der Waals surface area contributed by atoms with Gasteiger partial charge in [-0.2, -0.15) is 0 Å². The zero-order valence-electron chi connectivity index (χ0n) is 12.7. The van der Waals surface area contributed by atoms with E-state index in [4.69, 9.17) is 20.1 Å². The third kappa shape index (κ3) is 57.0. The van der Waals surface area contributed by atoms with Crippen LogP contribution in [0.1, 0.15) is 58.8 Å². The van der Waals surface area contributed by atoms with E-state index in [2.05, 4.69) is 19.6 Å². The van der Waals surface area contributed by atoms with Gasteiger partial charge >= 0.3 is 18.0 Å². The van der Waals surface area contributed by atoms with Gasteiger partial charge in [0.2, 0.25) is 0 Å². The molecule has 0 radical (unpaired) electrons. The highest BCUT2D eigenvalue weighted by Crippen LogP contribution is 2.05. The van der Waals surface area contributed by atoms with Crippen LogP contribution in [0.25, 0.3) is 0 Å². The topological polar surface area (TPSA) is 138 Å². The maximum absolute atomic E-state index is 9.55. The van der Waals surface area contributed by atoms with Crippen molar-refractivity contribution < 1.29 is 29.7 Å². The van der Waals surface area contributed by atoms with Crippen molar-refractivity contribution in [1.82, 2.24) is 0 Å². The van der Waals surface area contributed by atoms with Crippen molar-refractivity contribution in [3.63, 3.8) is 0 Å². The lowest BCUT2D eigenvalue weighted by molar-refractivity contribution is -0.134. The summed E-state index contributed by atoms with van der Waals surface area (Å²) >= 11 is 0. The van der Waals surface area contributed by atoms with Gasteiger partial charge in [-0.05, 0) is 0 Å². The molecule has 0 saturated carbocycles. The van der Waals surface area contributed by atoms with E-state index in [0.29, 0.717) is 12.2 Å². The second-order valence-electron chi connectivity index (χ2n) is 4.12. The lowest BCUT2D eigenvalue weighted by atomic mass is 10.1. The van der Waals surface area contributed by atoms with Crippen LogP contribution in [0.5, 0.6) is 0 Å². The second kappa shape index (κ2) is 20.3. The molecule has 7 nitrogen and oxygen atoms in total. The minimum absolute atomic E-state index is 0.558. The first-order valence-corrected chi connectivity index (χ1v) is 6.90. The average Bonchev–Trinajstić information content (AvgIpc) is 2.36. The molecule has 5 N–H and O–H groups in total. The second-order valence-corrected chi connectivity index (χ2v) is 4.12. The Morgan fingerprint density at radius 1 is 0.762 bits per heavy atom. The van der Waals surface area contributed by atoms with Gasteiger partial charge in [-0.25, -0.2) is 14.4 Å². The fourth-order valence-electron chi connectivity index (χ4n) is 1.17. The van der Waals surface area contributed by atoms with Crippen molar-refractivity contribution in [2.75, 3.05) is 0 Å². The standard InChI is InChI=1S/C9H20.C4H4O4.CH3NO2/c1-3-5-7-9-8-6-4-2;5-3(6)1-2-4(7)8;2-1(3)4/h3-9H2,1-2H3;1-2H,(H,5,6)(H,7,8);2H2,(H,3,4)/b;2-1+;. The Morgan fingerprint density at radius 3 is 1.19 bits per heavy atom. The molecule has 0 unspecified atom stereocenters. The molecule has 1 amide bonds. The number of amides is 1. The van der Waals surface area contributed by atoms with Gasteiger partial charge in [0.1, 0.15) is 0 Å². The van der Waals surface area contributed by atoms with Gasteiger partial charge in [0, 0.05) is 12.2 Å². The van der Waals surface area contributed by atoms with E-state index in [1.54, 1.807) is 0 Å². The van der Waals surface area contributed by atoms with Crippen molar-refractivity contribution >= 4 is 18.0 Å². The van der Waals surface area contributed by atoms with Crippen molar-refractivity contribution in [3.05, 3.63) is 12.2 Å². The van der Waals surface area contributed by atoms with Gasteiger partial charge in [0.05, 0.1) is 0 Å². The molecular weight excluding hydrogens is 278 g/mol. The number of nitrogens with two attached hydrogens (primary N) is 1. The molecular formula is C14H27NO6. The minimum Gasteiger partial charge on any atom is -0.478 e. The summed E-state index contributed by atoms with van der Waals surface area (Å²) in [5.41, 5.74) is 4.03. The number of primary amides is 1. The van der Waals surface area contributed by atoms with Crippen LogP contribution in [0.4, 0.5) is 4.79 Å². The third-order valence-corrected chi connectivity index (χ3v) is 2.08. The van der Waals surface area contributed by atoms with Gasteiger partial charge in [0.25, 0.3) is 0 Å². The predicted octanol–water partition coefficient (Wildman–Crippen LogP) is 3.09. The molecule has 0 aliphatic carbocycles. The summed E-state index contributed by atoms with van der Waals surface area (Å²) in [7, 11) is 0. The molecule has 0 fully saturated rings. The Bertz CT molecular complexity index is 276. The SMILES string of the molecule is CCCCCCCCC.NC(=O)O.O=C(O)/C=C/C(=O)O. The fourth-order valence-corrected chi connectivity index (χ4v) is 1.17. The van der Waals surface area contributed by atoms with Gasteiger partial charge in [-0.3, -0.25) is 0 Å². The van der Waals surface area contributed by atoms with E-state index >= 15 is 0 Å². The van der Waals surface area contributed by atoms with E-state index in [0.717, 1.165) is 0 Å². The molecule has 0 aromatic heterocycles. The van der Waals surface area contributed by atoms with E-state index in [-0.39, 0.29) is 0 Å². The number of carboxylic acid groups (broad SMARTS) is 3. The van der Waals surface area contributed by atoms with Crippen LogP contribution in [0.2, 0.25) is 0 Å². The van der Waals surface area contributed by atoms with Crippen molar-refractivity contribution in [2.24, 2.45) is 5.73 Å². The quantitative estimate of drug-likeness (QED) is 0.401. The first-order valence-electron chi connectivity index (χ1n) is 6.90. The molecule has 0 aliphatic heterocycles. The van der Waals surface area contributed by atoms with Gasteiger partial charge < -0.3 is 21.1 Å². The summed E-state index contributed by atoms with van der Waals surface area (Å²) in [6, 6.07) is 0. The van der Waals surface area contributed by atoms with Crippen LogP contribution in [-0.2, 0) is 9.59 Å². The summed E-state index contributed by atoms with van der Waals surface area (Å²) < 4.78 is 0. The largest absolute Gasteiger partial charge is 0.478 e. The van der Waals surface area contributed by atoms with Crippen LogP contribution >= 0.6 is 0 Å². The van der Waals surface area contributed by atoms with Crippen LogP contribution < -0.4 is 5.73 Å². The Labute approximate surface area is 125 Å². The predicted molar refractivity (Wildman–Crippen MR) is 80.3 cm³/mol. The average molecular weight is 305 g/mol. The molecule has 0 bridgehead atoms. The highest BCUT2D eigenvalue weighted by atomic mass is 16.4. The fraction of sp³-hybridized carbons (Fsp3) is 0.643. The first-order chi connectivity index (χ1) is 9.77. The number of carbonyl (C=O) groups is 3. The van der Waals surface area contributed by atoms with Crippen LogP contribution in [0.3, 0.4) is 0 Å². The Hall–Kier alpha value is -2.05. The van der Waals surface area contributed by atoms with E-state index in [1.807, 2.05) is 0 Å².